The number of alkyl halides is 3. The molecule has 0 saturated carbocycles. The van der Waals surface area contributed by atoms with Gasteiger partial charge in [-0.1, -0.05) is 32.9 Å². The predicted octanol–water partition coefficient (Wildman–Crippen LogP) is 5.84. The number of piperidine rings is 1. The van der Waals surface area contributed by atoms with Gasteiger partial charge < -0.3 is 0 Å². The van der Waals surface area contributed by atoms with E-state index in [1.54, 1.807) is 12.1 Å². The van der Waals surface area contributed by atoms with E-state index in [0.717, 1.165) is 38.0 Å². The van der Waals surface area contributed by atoms with Crippen LogP contribution in [0.3, 0.4) is 0 Å². The van der Waals surface area contributed by atoms with Crippen LogP contribution in [0.5, 0.6) is 0 Å². The Labute approximate surface area is 152 Å². The minimum absolute atomic E-state index is 0.0471. The van der Waals surface area contributed by atoms with Gasteiger partial charge in [0.2, 0.25) is 0 Å². The molecule has 6 heteroatoms. The molecular formula is C19H25F3N2S. The summed E-state index contributed by atoms with van der Waals surface area (Å²) >= 11 is -0.0808. The third kappa shape index (κ3) is 5.39. The van der Waals surface area contributed by atoms with E-state index < -0.39 is 5.51 Å². The topological polar surface area (TPSA) is 27.0 Å². The van der Waals surface area contributed by atoms with Crippen molar-refractivity contribution in [3.8, 4) is 6.07 Å². The number of hydrogen-bond acceptors (Lipinski definition) is 3. The van der Waals surface area contributed by atoms with Gasteiger partial charge in [-0.2, -0.15) is 18.4 Å². The van der Waals surface area contributed by atoms with Gasteiger partial charge in [0.15, 0.2) is 0 Å². The maximum absolute atomic E-state index is 12.4. The minimum atomic E-state index is -4.24. The second-order valence-corrected chi connectivity index (χ2v) is 8.97. The van der Waals surface area contributed by atoms with Crippen LogP contribution in [0.15, 0.2) is 29.2 Å². The average Bonchev–Trinajstić information content (AvgIpc) is 2.49. The lowest BCUT2D eigenvalue weighted by Crippen LogP contribution is -2.46. The standard InChI is InChI=1S/C19H25F3N2S/c1-17(2,3)18(8-11-23)9-12-24(13-10-18)14-15-4-6-16(7-5-15)25-19(20,21)22/h4-7H,8-10,12-14H2,1-3H3. The maximum atomic E-state index is 12.4. The van der Waals surface area contributed by atoms with Gasteiger partial charge in [0.25, 0.3) is 0 Å². The van der Waals surface area contributed by atoms with E-state index in [-0.39, 0.29) is 27.5 Å². The van der Waals surface area contributed by atoms with Crippen molar-refractivity contribution < 1.29 is 13.2 Å². The van der Waals surface area contributed by atoms with Crippen LogP contribution in [0.2, 0.25) is 0 Å². The molecule has 0 bridgehead atoms. The normalized spacial score (nSPS) is 18.8. The van der Waals surface area contributed by atoms with Crippen molar-refractivity contribution in [2.45, 2.75) is 57.0 Å². The molecular weight excluding hydrogens is 345 g/mol. The van der Waals surface area contributed by atoms with Crippen molar-refractivity contribution in [3.63, 3.8) is 0 Å². The highest BCUT2D eigenvalue weighted by molar-refractivity contribution is 8.00. The van der Waals surface area contributed by atoms with Gasteiger partial charge in [-0.15, -0.1) is 0 Å². The summed E-state index contributed by atoms with van der Waals surface area (Å²) in [5.74, 6) is 0. The number of thioether (sulfide) groups is 1. The number of nitrogens with zero attached hydrogens (tertiary/aromatic N) is 2. The van der Waals surface area contributed by atoms with E-state index in [4.69, 9.17) is 0 Å². The lowest BCUT2D eigenvalue weighted by atomic mass is 9.60. The number of rotatable bonds is 4. The summed E-state index contributed by atoms with van der Waals surface area (Å²) in [7, 11) is 0. The van der Waals surface area contributed by atoms with Gasteiger partial charge in [-0.05, 0) is 66.2 Å². The first kappa shape index (κ1) is 20.1. The molecule has 2 rings (SSSR count). The molecule has 1 aliphatic rings. The van der Waals surface area contributed by atoms with Crippen molar-refractivity contribution in [3.05, 3.63) is 29.8 Å². The number of likely N-dealkylation sites (tertiary alicyclic amines) is 1. The molecule has 1 aromatic carbocycles. The monoisotopic (exact) mass is 370 g/mol. The van der Waals surface area contributed by atoms with Crippen LogP contribution < -0.4 is 0 Å². The first-order valence-corrected chi connectivity index (χ1v) is 9.30. The molecule has 0 N–H and O–H groups in total. The van der Waals surface area contributed by atoms with Crippen LogP contribution in [-0.2, 0) is 6.54 Å². The van der Waals surface area contributed by atoms with Crippen LogP contribution in [-0.4, -0.2) is 23.5 Å². The molecule has 0 amide bonds. The van der Waals surface area contributed by atoms with Crippen LogP contribution in [0.25, 0.3) is 0 Å². The Morgan fingerprint density at radius 1 is 1.12 bits per heavy atom. The van der Waals surface area contributed by atoms with Crippen molar-refractivity contribution >= 4 is 11.8 Å². The van der Waals surface area contributed by atoms with Gasteiger partial charge in [-0.25, -0.2) is 0 Å². The third-order valence-electron chi connectivity index (χ3n) is 5.38. The number of halogens is 3. The Kier molecular flexibility index (Phi) is 6.11. The fourth-order valence-corrected chi connectivity index (χ4v) is 4.08. The number of benzene rings is 1. The average molecular weight is 370 g/mol. The largest absolute Gasteiger partial charge is 0.446 e. The smallest absolute Gasteiger partial charge is 0.299 e. The van der Waals surface area contributed by atoms with Crippen molar-refractivity contribution in [2.75, 3.05) is 13.1 Å². The summed E-state index contributed by atoms with van der Waals surface area (Å²) in [5, 5.41) is 9.21. The molecule has 0 spiro atoms. The zero-order valence-corrected chi connectivity index (χ0v) is 15.8. The van der Waals surface area contributed by atoms with Gasteiger partial charge in [0.05, 0.1) is 6.07 Å². The summed E-state index contributed by atoms with van der Waals surface area (Å²) in [6.45, 7) is 9.19. The molecule has 1 aliphatic heterocycles. The molecule has 25 heavy (non-hydrogen) atoms. The van der Waals surface area contributed by atoms with Crippen molar-refractivity contribution in [1.29, 1.82) is 5.26 Å². The lowest BCUT2D eigenvalue weighted by Gasteiger charge is -2.49. The molecule has 0 aliphatic carbocycles. The van der Waals surface area contributed by atoms with Crippen LogP contribution in [0.1, 0.15) is 45.6 Å². The molecule has 0 radical (unpaired) electrons. The first-order chi connectivity index (χ1) is 11.5. The molecule has 1 saturated heterocycles. The Balaban J connectivity index is 1.95. The van der Waals surface area contributed by atoms with E-state index in [2.05, 4.69) is 31.7 Å². The summed E-state index contributed by atoms with van der Waals surface area (Å²) in [6.07, 6.45) is 2.53. The van der Waals surface area contributed by atoms with Gasteiger partial charge >= 0.3 is 5.51 Å². The summed E-state index contributed by atoms with van der Waals surface area (Å²) in [6, 6.07) is 8.98. The number of hydrogen-bond donors (Lipinski definition) is 0. The zero-order valence-electron chi connectivity index (χ0n) is 15.0. The molecule has 2 nitrogen and oxygen atoms in total. The Hall–Kier alpha value is -1.19. The van der Waals surface area contributed by atoms with E-state index in [9.17, 15) is 18.4 Å². The molecule has 0 unspecified atom stereocenters. The van der Waals surface area contributed by atoms with Crippen molar-refractivity contribution in [2.24, 2.45) is 10.8 Å². The molecule has 0 atom stereocenters. The van der Waals surface area contributed by atoms with E-state index in [1.165, 1.54) is 12.1 Å². The Morgan fingerprint density at radius 3 is 2.12 bits per heavy atom. The van der Waals surface area contributed by atoms with Crippen LogP contribution >= 0.6 is 11.8 Å². The Bertz CT molecular complexity index is 604. The van der Waals surface area contributed by atoms with Crippen molar-refractivity contribution in [1.82, 2.24) is 4.90 Å². The highest BCUT2D eigenvalue weighted by Gasteiger charge is 2.43. The molecule has 1 fully saturated rings. The maximum Gasteiger partial charge on any atom is 0.446 e. The predicted molar refractivity (Wildman–Crippen MR) is 95.0 cm³/mol. The van der Waals surface area contributed by atoms with Gasteiger partial charge in [0.1, 0.15) is 0 Å². The highest BCUT2D eigenvalue weighted by Crippen LogP contribution is 2.49. The molecule has 1 aromatic rings. The second-order valence-electron chi connectivity index (χ2n) is 7.83. The summed E-state index contributed by atoms with van der Waals surface area (Å²) in [5.41, 5.74) is -3.09. The number of nitriles is 1. The van der Waals surface area contributed by atoms with E-state index in [1.807, 2.05) is 0 Å². The van der Waals surface area contributed by atoms with E-state index >= 15 is 0 Å². The lowest BCUT2D eigenvalue weighted by molar-refractivity contribution is -0.0328. The molecule has 1 heterocycles. The van der Waals surface area contributed by atoms with Gasteiger partial charge in [-0.3, -0.25) is 4.90 Å². The Morgan fingerprint density at radius 2 is 1.68 bits per heavy atom. The molecule has 0 aromatic heterocycles. The quantitative estimate of drug-likeness (QED) is 0.623. The van der Waals surface area contributed by atoms with E-state index in [0.29, 0.717) is 6.42 Å². The summed E-state index contributed by atoms with van der Waals surface area (Å²) in [4.78, 5) is 2.54. The van der Waals surface area contributed by atoms with Gasteiger partial charge in [0, 0.05) is 17.9 Å². The highest BCUT2D eigenvalue weighted by atomic mass is 32.2. The van der Waals surface area contributed by atoms with Crippen LogP contribution in [0.4, 0.5) is 13.2 Å². The first-order valence-electron chi connectivity index (χ1n) is 8.49. The zero-order chi connectivity index (χ0) is 18.7. The minimum Gasteiger partial charge on any atom is -0.299 e. The summed E-state index contributed by atoms with van der Waals surface area (Å²) < 4.78 is 37.1. The molecule has 138 valence electrons. The second kappa shape index (κ2) is 7.59. The fraction of sp³-hybridized carbons (Fsp3) is 0.632. The SMILES string of the molecule is CC(C)(C)C1(CC#N)CCN(Cc2ccc(SC(F)(F)F)cc2)CC1. The van der Waals surface area contributed by atoms with Crippen LogP contribution in [0, 0.1) is 22.2 Å². The third-order valence-corrected chi connectivity index (χ3v) is 6.12. The fourth-order valence-electron chi connectivity index (χ4n) is 3.54.